The number of carbonyl (C=O) groups is 1. The number of hydrogen-bond acceptors (Lipinski definition) is 3. The van der Waals surface area contributed by atoms with Gasteiger partial charge in [-0.1, -0.05) is 12.2 Å². The number of aromatic nitrogens is 1. The van der Waals surface area contributed by atoms with Gasteiger partial charge >= 0.3 is 5.97 Å². The predicted octanol–water partition coefficient (Wildman–Crippen LogP) is 1.77. The van der Waals surface area contributed by atoms with E-state index in [1.54, 1.807) is 12.3 Å². The van der Waals surface area contributed by atoms with Gasteiger partial charge in [0.25, 0.3) is 0 Å². The molecule has 0 bridgehead atoms. The first-order chi connectivity index (χ1) is 6.61. The monoisotopic (exact) mass is 192 g/mol. The molecule has 0 saturated carbocycles. The molecule has 4 nitrogen and oxygen atoms in total. The summed E-state index contributed by atoms with van der Waals surface area (Å²) in [5.74, 6) is -0.984. The average molecular weight is 192 g/mol. The maximum absolute atomic E-state index is 10.8. The van der Waals surface area contributed by atoms with Crippen molar-refractivity contribution in [2.24, 2.45) is 0 Å². The van der Waals surface area contributed by atoms with Crippen molar-refractivity contribution in [3.63, 3.8) is 0 Å². The molecule has 1 heterocycles. The fourth-order valence-electron chi connectivity index (χ4n) is 0.965. The Morgan fingerprint density at radius 3 is 3.00 bits per heavy atom. The highest BCUT2D eigenvalue weighted by atomic mass is 16.4. The van der Waals surface area contributed by atoms with Gasteiger partial charge < -0.3 is 10.4 Å². The molecule has 0 unspecified atom stereocenters. The van der Waals surface area contributed by atoms with Crippen LogP contribution in [0.4, 0.5) is 5.69 Å². The van der Waals surface area contributed by atoms with Crippen LogP contribution in [0.25, 0.3) is 0 Å². The topological polar surface area (TPSA) is 62.2 Å². The van der Waals surface area contributed by atoms with Crippen LogP contribution in [0, 0.1) is 0 Å². The summed E-state index contributed by atoms with van der Waals surface area (Å²) in [6.45, 7) is 6.15. The summed E-state index contributed by atoms with van der Waals surface area (Å²) in [7, 11) is 0. The van der Waals surface area contributed by atoms with Crippen LogP contribution in [0.3, 0.4) is 0 Å². The van der Waals surface area contributed by atoms with Crippen LogP contribution in [-0.4, -0.2) is 22.6 Å². The van der Waals surface area contributed by atoms with E-state index in [4.69, 9.17) is 5.11 Å². The molecule has 0 aliphatic carbocycles. The molecule has 0 fully saturated rings. The second kappa shape index (κ2) is 4.41. The smallest absolute Gasteiger partial charge is 0.339 e. The number of hydrogen-bond donors (Lipinski definition) is 2. The predicted molar refractivity (Wildman–Crippen MR) is 54.5 cm³/mol. The minimum atomic E-state index is -0.984. The van der Waals surface area contributed by atoms with Gasteiger partial charge in [-0.3, -0.25) is 4.98 Å². The second-order valence-corrected chi connectivity index (χ2v) is 3.04. The summed E-state index contributed by atoms with van der Waals surface area (Å²) in [5, 5.41) is 11.8. The van der Waals surface area contributed by atoms with Crippen LogP contribution in [0.1, 0.15) is 17.3 Å². The van der Waals surface area contributed by atoms with Gasteiger partial charge in [0.2, 0.25) is 0 Å². The molecule has 0 spiro atoms. The highest BCUT2D eigenvalue weighted by Crippen LogP contribution is 2.13. The van der Waals surface area contributed by atoms with Crippen molar-refractivity contribution >= 4 is 11.7 Å². The van der Waals surface area contributed by atoms with E-state index in [2.05, 4.69) is 16.9 Å². The molecule has 2 N–H and O–H groups in total. The molecular weight excluding hydrogens is 180 g/mol. The fraction of sp³-hybridized carbons (Fsp3) is 0.200. The molecule has 4 heteroatoms. The van der Waals surface area contributed by atoms with Crippen molar-refractivity contribution in [3.05, 3.63) is 36.2 Å². The van der Waals surface area contributed by atoms with Gasteiger partial charge in [-0.2, -0.15) is 0 Å². The van der Waals surface area contributed by atoms with Gasteiger partial charge in [0.15, 0.2) is 0 Å². The van der Waals surface area contributed by atoms with Crippen LogP contribution in [0.15, 0.2) is 30.6 Å². The lowest BCUT2D eigenvalue weighted by Gasteiger charge is -2.07. The molecule has 0 aromatic carbocycles. The Labute approximate surface area is 82.3 Å². The van der Waals surface area contributed by atoms with Crippen molar-refractivity contribution in [1.82, 2.24) is 4.98 Å². The Morgan fingerprint density at radius 1 is 1.71 bits per heavy atom. The number of nitrogens with one attached hydrogen (secondary N) is 1. The van der Waals surface area contributed by atoms with Gasteiger partial charge in [-0.25, -0.2) is 4.79 Å². The molecule has 1 aromatic heterocycles. The Bertz CT molecular complexity index is 361. The number of aromatic carboxylic acids is 1. The lowest BCUT2D eigenvalue weighted by molar-refractivity contribution is 0.0697. The minimum absolute atomic E-state index is 0.175. The molecule has 0 saturated heterocycles. The fourth-order valence-corrected chi connectivity index (χ4v) is 0.965. The van der Waals surface area contributed by atoms with Crippen LogP contribution in [0.5, 0.6) is 0 Å². The maximum Gasteiger partial charge on any atom is 0.339 e. The normalized spacial score (nSPS) is 9.50. The van der Waals surface area contributed by atoms with E-state index in [-0.39, 0.29) is 5.56 Å². The first-order valence-electron chi connectivity index (χ1n) is 4.17. The second-order valence-electron chi connectivity index (χ2n) is 3.04. The number of nitrogens with zero attached hydrogens (tertiary/aromatic N) is 1. The largest absolute Gasteiger partial charge is 0.478 e. The SMILES string of the molecule is C=C(C)CNc1ccncc1C(=O)O. The Balaban J connectivity index is 2.84. The zero-order valence-electron chi connectivity index (χ0n) is 7.95. The summed E-state index contributed by atoms with van der Waals surface area (Å²) in [6.07, 6.45) is 2.87. The molecule has 0 aliphatic rings. The van der Waals surface area contributed by atoms with Crippen molar-refractivity contribution in [1.29, 1.82) is 0 Å². The molecule has 1 rings (SSSR count). The van der Waals surface area contributed by atoms with E-state index < -0.39 is 5.97 Å². The quantitative estimate of drug-likeness (QED) is 0.713. The Morgan fingerprint density at radius 2 is 2.43 bits per heavy atom. The van der Waals surface area contributed by atoms with E-state index in [0.717, 1.165) is 5.57 Å². The van der Waals surface area contributed by atoms with E-state index >= 15 is 0 Å². The van der Waals surface area contributed by atoms with Crippen molar-refractivity contribution in [2.45, 2.75) is 6.92 Å². The minimum Gasteiger partial charge on any atom is -0.478 e. The van der Waals surface area contributed by atoms with Gasteiger partial charge in [0.05, 0.1) is 5.69 Å². The van der Waals surface area contributed by atoms with E-state index in [1.165, 1.54) is 6.20 Å². The number of carboxylic acid groups (broad SMARTS) is 1. The number of carboxylic acids is 1. The number of pyridine rings is 1. The van der Waals surface area contributed by atoms with Crippen molar-refractivity contribution in [2.75, 3.05) is 11.9 Å². The van der Waals surface area contributed by atoms with Crippen LogP contribution < -0.4 is 5.32 Å². The van der Waals surface area contributed by atoms with E-state index in [0.29, 0.717) is 12.2 Å². The average Bonchev–Trinajstić information content (AvgIpc) is 2.15. The van der Waals surface area contributed by atoms with Gasteiger partial charge in [-0.15, -0.1) is 0 Å². The summed E-state index contributed by atoms with van der Waals surface area (Å²) in [6, 6.07) is 1.63. The molecule has 1 aromatic rings. The van der Waals surface area contributed by atoms with Crippen LogP contribution in [0.2, 0.25) is 0 Å². The van der Waals surface area contributed by atoms with Gasteiger partial charge in [-0.05, 0) is 13.0 Å². The first kappa shape index (κ1) is 10.2. The summed E-state index contributed by atoms with van der Waals surface area (Å²) in [4.78, 5) is 14.5. The highest BCUT2D eigenvalue weighted by Gasteiger charge is 2.08. The van der Waals surface area contributed by atoms with Gasteiger partial charge in [0, 0.05) is 18.9 Å². The van der Waals surface area contributed by atoms with Crippen molar-refractivity contribution < 1.29 is 9.90 Å². The van der Waals surface area contributed by atoms with Crippen LogP contribution in [-0.2, 0) is 0 Å². The molecule has 14 heavy (non-hydrogen) atoms. The van der Waals surface area contributed by atoms with Crippen molar-refractivity contribution in [3.8, 4) is 0 Å². The van der Waals surface area contributed by atoms with Gasteiger partial charge in [0.1, 0.15) is 5.56 Å². The zero-order valence-corrected chi connectivity index (χ0v) is 7.95. The molecule has 0 aliphatic heterocycles. The molecule has 74 valence electrons. The third kappa shape index (κ3) is 2.58. The standard InChI is InChI=1S/C10H12N2O2/c1-7(2)5-12-9-3-4-11-6-8(9)10(13)14/h3-4,6H,1,5H2,2H3,(H,11,12)(H,13,14). The molecular formula is C10H12N2O2. The summed E-state index contributed by atoms with van der Waals surface area (Å²) >= 11 is 0. The Hall–Kier alpha value is -1.84. The van der Waals surface area contributed by atoms with E-state index in [9.17, 15) is 4.79 Å². The number of rotatable bonds is 4. The third-order valence-corrected chi connectivity index (χ3v) is 1.63. The lowest BCUT2D eigenvalue weighted by Crippen LogP contribution is -2.08. The first-order valence-corrected chi connectivity index (χ1v) is 4.17. The highest BCUT2D eigenvalue weighted by molar-refractivity contribution is 5.93. The summed E-state index contributed by atoms with van der Waals surface area (Å²) < 4.78 is 0. The lowest BCUT2D eigenvalue weighted by atomic mass is 10.2. The zero-order chi connectivity index (χ0) is 10.6. The molecule has 0 radical (unpaired) electrons. The molecule has 0 amide bonds. The Kier molecular flexibility index (Phi) is 3.23. The number of anilines is 1. The molecule has 0 atom stereocenters. The maximum atomic E-state index is 10.8. The van der Waals surface area contributed by atoms with E-state index in [1.807, 2.05) is 6.92 Å². The third-order valence-electron chi connectivity index (χ3n) is 1.63. The van der Waals surface area contributed by atoms with Crippen LogP contribution >= 0.6 is 0 Å². The summed E-state index contributed by atoms with van der Waals surface area (Å²) in [5.41, 5.74) is 1.68.